The largest absolute Gasteiger partial charge is 0.493 e. The molecule has 216 valence electrons. The molecule has 2 aliphatic heterocycles. The van der Waals surface area contributed by atoms with Gasteiger partial charge in [-0.1, -0.05) is 4.49 Å². The third-order valence-electron chi connectivity index (χ3n) is 7.29. The van der Waals surface area contributed by atoms with E-state index in [0.29, 0.717) is 78.2 Å². The zero-order valence-corrected chi connectivity index (χ0v) is 24.1. The lowest BCUT2D eigenvalue weighted by molar-refractivity contribution is 0.0732. The quantitative estimate of drug-likeness (QED) is 0.432. The monoisotopic (exact) mass is 579 g/mol. The summed E-state index contributed by atoms with van der Waals surface area (Å²) >= 11 is 1.11. The maximum absolute atomic E-state index is 13.4. The summed E-state index contributed by atoms with van der Waals surface area (Å²) in [6.07, 6.45) is 0. The molecular weight excluding hydrogens is 546 g/mol. The molecule has 0 aliphatic carbocycles. The van der Waals surface area contributed by atoms with Gasteiger partial charge in [-0.05, 0) is 54.9 Å². The Morgan fingerprint density at radius 3 is 2.20 bits per heavy atom. The first-order valence-electron chi connectivity index (χ1n) is 13.4. The van der Waals surface area contributed by atoms with Crippen molar-refractivity contribution in [1.82, 2.24) is 24.7 Å². The number of nitrogens with zero attached hydrogens (tertiary/aromatic N) is 5. The van der Waals surface area contributed by atoms with Crippen LogP contribution >= 0.6 is 11.5 Å². The van der Waals surface area contributed by atoms with E-state index in [0.717, 1.165) is 30.3 Å². The van der Waals surface area contributed by atoms with Crippen LogP contribution in [0.25, 0.3) is 0 Å². The summed E-state index contributed by atoms with van der Waals surface area (Å²) in [4.78, 5) is 46.0. The minimum atomic E-state index is -0.346. The molecule has 3 amide bonds. The van der Waals surface area contributed by atoms with Gasteiger partial charge >= 0.3 is 0 Å². The van der Waals surface area contributed by atoms with Gasteiger partial charge in [-0.15, -0.1) is 5.10 Å². The first kappa shape index (κ1) is 28.3. The fourth-order valence-corrected chi connectivity index (χ4v) is 5.61. The molecule has 0 unspecified atom stereocenters. The molecule has 0 radical (unpaired) electrons. The van der Waals surface area contributed by atoms with Crippen LogP contribution in [0.5, 0.6) is 11.5 Å². The van der Waals surface area contributed by atoms with Crippen LogP contribution in [-0.2, 0) is 0 Å². The number of ether oxygens (including phenoxy) is 2. The molecule has 3 aromatic rings. The van der Waals surface area contributed by atoms with E-state index in [-0.39, 0.29) is 17.7 Å². The molecule has 0 atom stereocenters. The highest BCUT2D eigenvalue weighted by Crippen LogP contribution is 2.32. The summed E-state index contributed by atoms with van der Waals surface area (Å²) in [5.74, 6) is 0.459. The van der Waals surface area contributed by atoms with Crippen LogP contribution in [0.1, 0.15) is 36.1 Å². The second-order valence-corrected chi connectivity index (χ2v) is 10.5. The molecule has 0 bridgehead atoms. The van der Waals surface area contributed by atoms with Gasteiger partial charge in [0.25, 0.3) is 17.7 Å². The van der Waals surface area contributed by atoms with Crippen LogP contribution in [-0.4, -0.2) is 104 Å². The number of anilines is 2. The van der Waals surface area contributed by atoms with Gasteiger partial charge in [0, 0.05) is 63.5 Å². The molecule has 0 spiro atoms. The number of benzene rings is 2. The minimum absolute atomic E-state index is 0.0731. The SMILES string of the molecule is COc1ccc(C(=O)Nc2cc(C(=O)N3CCNCC3)ccc2N2CCN(C(=O)c3snnc3C)CC2)cc1OC. The average Bonchev–Trinajstić information content (AvgIpc) is 3.46. The first-order chi connectivity index (χ1) is 19.9. The van der Waals surface area contributed by atoms with Gasteiger partial charge in [0.2, 0.25) is 0 Å². The van der Waals surface area contributed by atoms with Crippen molar-refractivity contribution >= 4 is 40.6 Å². The molecule has 5 rings (SSSR count). The van der Waals surface area contributed by atoms with Gasteiger partial charge in [-0.3, -0.25) is 14.4 Å². The number of nitrogens with one attached hydrogen (secondary N) is 2. The van der Waals surface area contributed by atoms with Gasteiger partial charge in [0.1, 0.15) is 4.88 Å². The van der Waals surface area contributed by atoms with Gasteiger partial charge in [-0.2, -0.15) is 0 Å². The van der Waals surface area contributed by atoms with Crippen molar-refractivity contribution in [3.05, 3.63) is 58.1 Å². The summed E-state index contributed by atoms with van der Waals surface area (Å²) < 4.78 is 14.6. The van der Waals surface area contributed by atoms with Crippen molar-refractivity contribution in [2.24, 2.45) is 0 Å². The Hall–Kier alpha value is -4.23. The Balaban J connectivity index is 1.39. The normalized spacial score (nSPS) is 15.4. The van der Waals surface area contributed by atoms with Gasteiger partial charge in [-0.25, -0.2) is 0 Å². The molecule has 2 aliphatic rings. The van der Waals surface area contributed by atoms with E-state index in [1.54, 1.807) is 42.2 Å². The van der Waals surface area contributed by atoms with E-state index >= 15 is 0 Å². The Morgan fingerprint density at radius 1 is 0.854 bits per heavy atom. The molecule has 2 fully saturated rings. The maximum Gasteiger partial charge on any atom is 0.267 e. The van der Waals surface area contributed by atoms with Crippen LogP contribution in [0.3, 0.4) is 0 Å². The van der Waals surface area contributed by atoms with Crippen molar-refractivity contribution < 1.29 is 23.9 Å². The Bertz CT molecular complexity index is 1430. The standard InChI is InChI=1S/C28H33N7O5S/c1-18-25(41-32-31-18)28(38)35-14-12-33(13-15-35)22-6-4-20(27(37)34-10-8-29-9-11-34)16-21(22)30-26(36)19-5-7-23(39-2)24(17-19)40-3/h4-7,16-17,29H,8-15H2,1-3H3,(H,30,36). The number of amides is 3. The summed E-state index contributed by atoms with van der Waals surface area (Å²) in [5, 5.41) is 10.2. The van der Waals surface area contributed by atoms with E-state index in [9.17, 15) is 14.4 Å². The Labute approximate surface area is 242 Å². The maximum atomic E-state index is 13.4. The molecular formula is C28H33N7O5S. The van der Waals surface area contributed by atoms with Crippen molar-refractivity contribution in [3.63, 3.8) is 0 Å². The molecule has 13 heteroatoms. The van der Waals surface area contributed by atoms with Crippen molar-refractivity contribution in [3.8, 4) is 11.5 Å². The van der Waals surface area contributed by atoms with E-state index in [1.807, 2.05) is 11.0 Å². The van der Waals surface area contributed by atoms with Gasteiger partial charge < -0.3 is 34.8 Å². The topological polar surface area (TPSA) is 129 Å². The van der Waals surface area contributed by atoms with Crippen LogP contribution < -0.4 is 25.0 Å². The van der Waals surface area contributed by atoms with Crippen molar-refractivity contribution in [2.75, 3.05) is 76.8 Å². The fraction of sp³-hybridized carbons (Fsp3) is 0.393. The number of rotatable bonds is 7. The highest BCUT2D eigenvalue weighted by atomic mass is 32.1. The summed E-state index contributed by atoms with van der Waals surface area (Å²) in [7, 11) is 3.05. The molecule has 2 saturated heterocycles. The zero-order chi connectivity index (χ0) is 28.9. The van der Waals surface area contributed by atoms with E-state index < -0.39 is 0 Å². The number of hydrogen-bond acceptors (Lipinski definition) is 10. The number of methoxy groups -OCH3 is 2. The number of carbonyl (C=O) groups is 3. The first-order valence-corrected chi connectivity index (χ1v) is 14.2. The predicted molar refractivity (Wildman–Crippen MR) is 155 cm³/mol. The number of piperazine rings is 2. The van der Waals surface area contributed by atoms with Gasteiger partial charge in [0.05, 0.1) is 31.3 Å². The number of carbonyl (C=O) groups excluding carboxylic acids is 3. The third-order valence-corrected chi connectivity index (χ3v) is 8.11. The van der Waals surface area contributed by atoms with E-state index in [2.05, 4.69) is 25.1 Å². The molecule has 12 nitrogen and oxygen atoms in total. The summed E-state index contributed by atoms with van der Waals surface area (Å²) in [6, 6.07) is 10.4. The predicted octanol–water partition coefficient (Wildman–Crippen LogP) is 2.12. The van der Waals surface area contributed by atoms with Gasteiger partial charge in [0.15, 0.2) is 11.5 Å². The molecule has 0 saturated carbocycles. The summed E-state index contributed by atoms with van der Waals surface area (Å²) in [6.45, 7) is 6.63. The van der Waals surface area contributed by atoms with Crippen LogP contribution in [0, 0.1) is 6.92 Å². The Kier molecular flexibility index (Phi) is 8.64. The second kappa shape index (κ2) is 12.5. The second-order valence-electron chi connectivity index (χ2n) is 9.76. The molecule has 3 heterocycles. The zero-order valence-electron chi connectivity index (χ0n) is 23.3. The minimum Gasteiger partial charge on any atom is -0.493 e. The lowest BCUT2D eigenvalue weighted by atomic mass is 10.1. The van der Waals surface area contributed by atoms with Crippen LogP contribution in [0.2, 0.25) is 0 Å². The molecule has 1 aromatic heterocycles. The lowest BCUT2D eigenvalue weighted by Gasteiger charge is -2.37. The number of aryl methyl sites for hydroxylation is 1. The fourth-order valence-electron chi connectivity index (χ4n) is 4.99. The van der Waals surface area contributed by atoms with Crippen LogP contribution in [0.15, 0.2) is 36.4 Å². The Morgan fingerprint density at radius 2 is 1.54 bits per heavy atom. The highest BCUT2D eigenvalue weighted by Gasteiger charge is 2.27. The van der Waals surface area contributed by atoms with Crippen molar-refractivity contribution in [1.29, 1.82) is 0 Å². The van der Waals surface area contributed by atoms with Crippen LogP contribution in [0.4, 0.5) is 11.4 Å². The lowest BCUT2D eigenvalue weighted by Crippen LogP contribution is -2.49. The molecule has 2 aromatic carbocycles. The smallest absolute Gasteiger partial charge is 0.267 e. The number of aromatic nitrogens is 2. The number of hydrogen-bond donors (Lipinski definition) is 2. The highest BCUT2D eigenvalue weighted by molar-refractivity contribution is 7.07. The average molecular weight is 580 g/mol. The summed E-state index contributed by atoms with van der Waals surface area (Å²) in [5.41, 5.74) is 2.82. The molecule has 2 N–H and O–H groups in total. The van der Waals surface area contributed by atoms with Crippen molar-refractivity contribution in [2.45, 2.75) is 6.92 Å². The third kappa shape index (κ3) is 6.10. The van der Waals surface area contributed by atoms with E-state index in [4.69, 9.17) is 9.47 Å². The van der Waals surface area contributed by atoms with E-state index in [1.165, 1.54) is 14.2 Å². The molecule has 41 heavy (non-hydrogen) atoms.